The van der Waals surface area contributed by atoms with E-state index in [1.54, 1.807) is 6.08 Å². The molecule has 0 aromatic carbocycles. The second-order valence-electron chi connectivity index (χ2n) is 2.72. The van der Waals surface area contributed by atoms with Gasteiger partial charge < -0.3 is 14.6 Å². The number of carbonyl (C=O) groups is 2. The van der Waals surface area contributed by atoms with Crippen LogP contribution in [0, 0.1) is 0 Å². The summed E-state index contributed by atoms with van der Waals surface area (Å²) in [4.78, 5) is 20.8. The zero-order chi connectivity index (χ0) is 12.8. The van der Waals surface area contributed by atoms with Gasteiger partial charge in [-0.05, 0) is 13.8 Å². The molecule has 0 saturated carbocycles. The summed E-state index contributed by atoms with van der Waals surface area (Å²) in [6.07, 6.45) is 1.48. The van der Waals surface area contributed by atoms with Crippen LogP contribution in [0.15, 0.2) is 12.7 Å². The van der Waals surface area contributed by atoms with Crippen LogP contribution in [0.1, 0.15) is 26.7 Å². The highest BCUT2D eigenvalue weighted by Gasteiger charge is 2.05. The van der Waals surface area contributed by atoms with Crippen molar-refractivity contribution in [2.24, 2.45) is 0 Å². The lowest BCUT2D eigenvalue weighted by Gasteiger charge is -2.03. The lowest BCUT2D eigenvalue weighted by Crippen LogP contribution is -2.11. The third-order valence-electron chi connectivity index (χ3n) is 1.24. The first-order valence-electron chi connectivity index (χ1n) is 5.10. The Labute approximate surface area is 96.0 Å². The van der Waals surface area contributed by atoms with Crippen molar-refractivity contribution < 1.29 is 24.2 Å². The Bertz CT molecular complexity index is 201. The minimum Gasteiger partial charge on any atom is -0.481 e. The Kier molecular flexibility index (Phi) is 14.5. The predicted molar refractivity (Wildman–Crippen MR) is 60.2 cm³/mol. The Morgan fingerprint density at radius 3 is 2.31 bits per heavy atom. The molecule has 0 saturated heterocycles. The maximum Gasteiger partial charge on any atom is 0.306 e. The summed E-state index contributed by atoms with van der Waals surface area (Å²) in [5.41, 5.74) is 0. The van der Waals surface area contributed by atoms with E-state index in [0.29, 0.717) is 13.2 Å². The van der Waals surface area contributed by atoms with Crippen molar-refractivity contribution in [1.29, 1.82) is 0 Å². The Balaban J connectivity index is 0. The van der Waals surface area contributed by atoms with Crippen molar-refractivity contribution in [1.82, 2.24) is 0 Å². The number of aliphatic carboxylic acids is 1. The summed E-state index contributed by atoms with van der Waals surface area (Å²) in [7, 11) is 0. The van der Waals surface area contributed by atoms with E-state index in [9.17, 15) is 9.59 Å². The SMILES string of the molecule is C=CC.CCOCCOC(=O)CCC(=O)O. The molecule has 0 aliphatic carbocycles. The van der Waals surface area contributed by atoms with Crippen LogP contribution < -0.4 is 0 Å². The molecule has 0 heterocycles. The molecule has 5 heteroatoms. The Hall–Kier alpha value is -1.36. The second kappa shape index (κ2) is 13.6. The quantitative estimate of drug-likeness (QED) is 0.410. The highest BCUT2D eigenvalue weighted by Crippen LogP contribution is 1.92. The monoisotopic (exact) mass is 232 g/mol. The van der Waals surface area contributed by atoms with Gasteiger partial charge in [0.05, 0.1) is 19.4 Å². The summed E-state index contributed by atoms with van der Waals surface area (Å²) in [6.45, 7) is 8.21. The van der Waals surface area contributed by atoms with Crippen molar-refractivity contribution in [2.45, 2.75) is 26.7 Å². The van der Waals surface area contributed by atoms with Gasteiger partial charge in [0.25, 0.3) is 0 Å². The van der Waals surface area contributed by atoms with Crippen molar-refractivity contribution >= 4 is 11.9 Å². The number of carboxylic acid groups (broad SMARTS) is 1. The molecule has 0 radical (unpaired) electrons. The molecule has 0 rings (SSSR count). The van der Waals surface area contributed by atoms with E-state index >= 15 is 0 Å². The van der Waals surface area contributed by atoms with E-state index in [-0.39, 0.29) is 19.4 Å². The van der Waals surface area contributed by atoms with Crippen molar-refractivity contribution in [2.75, 3.05) is 19.8 Å². The zero-order valence-electron chi connectivity index (χ0n) is 9.90. The van der Waals surface area contributed by atoms with Gasteiger partial charge in [0, 0.05) is 6.61 Å². The molecule has 0 aliphatic heterocycles. The molecule has 1 N–H and O–H groups in total. The Morgan fingerprint density at radius 1 is 1.31 bits per heavy atom. The zero-order valence-corrected chi connectivity index (χ0v) is 9.90. The first-order chi connectivity index (χ1) is 7.58. The van der Waals surface area contributed by atoms with E-state index in [0.717, 1.165) is 0 Å². The van der Waals surface area contributed by atoms with Gasteiger partial charge in [0.2, 0.25) is 0 Å². The van der Waals surface area contributed by atoms with Gasteiger partial charge >= 0.3 is 11.9 Å². The summed E-state index contributed by atoms with van der Waals surface area (Å²) >= 11 is 0. The Morgan fingerprint density at radius 2 is 1.88 bits per heavy atom. The van der Waals surface area contributed by atoms with Crippen molar-refractivity contribution in [3.8, 4) is 0 Å². The first kappa shape index (κ1) is 17.0. The smallest absolute Gasteiger partial charge is 0.306 e. The number of ether oxygens (including phenoxy) is 2. The molecule has 5 nitrogen and oxygen atoms in total. The molecular formula is C11H20O5. The standard InChI is InChI=1S/C8H14O5.C3H6/c1-2-12-5-6-13-8(11)4-3-7(9)10;1-3-2/h2-6H2,1H3,(H,9,10);3H,1H2,2H3. The highest BCUT2D eigenvalue weighted by molar-refractivity contribution is 5.76. The molecule has 0 atom stereocenters. The van der Waals surface area contributed by atoms with E-state index in [2.05, 4.69) is 11.3 Å². The molecule has 0 aromatic heterocycles. The fourth-order valence-corrected chi connectivity index (χ4v) is 0.640. The molecule has 0 unspecified atom stereocenters. The van der Waals surface area contributed by atoms with Gasteiger partial charge in [-0.25, -0.2) is 0 Å². The van der Waals surface area contributed by atoms with Gasteiger partial charge in [0.15, 0.2) is 0 Å². The van der Waals surface area contributed by atoms with E-state index in [1.807, 2.05) is 13.8 Å². The average molecular weight is 232 g/mol. The maximum atomic E-state index is 10.8. The molecule has 0 aromatic rings. The third kappa shape index (κ3) is 18.4. The average Bonchev–Trinajstić information content (AvgIpc) is 2.23. The molecule has 0 aliphatic rings. The lowest BCUT2D eigenvalue weighted by molar-refractivity contribution is -0.148. The predicted octanol–water partition coefficient (Wildman–Crippen LogP) is 1.62. The number of hydrogen-bond donors (Lipinski definition) is 1. The summed E-state index contributed by atoms with van der Waals surface area (Å²) in [5, 5.41) is 8.24. The minimum atomic E-state index is -0.998. The number of rotatable bonds is 7. The molecule has 0 spiro atoms. The van der Waals surface area contributed by atoms with Gasteiger partial charge in [-0.2, -0.15) is 0 Å². The molecule has 0 amide bonds. The van der Waals surface area contributed by atoms with E-state index < -0.39 is 11.9 Å². The van der Waals surface area contributed by atoms with Crippen LogP contribution in [-0.2, 0) is 19.1 Å². The van der Waals surface area contributed by atoms with Gasteiger partial charge in [-0.15, -0.1) is 6.58 Å². The van der Waals surface area contributed by atoms with Crippen molar-refractivity contribution in [3.05, 3.63) is 12.7 Å². The topological polar surface area (TPSA) is 72.8 Å². The summed E-state index contributed by atoms with van der Waals surface area (Å²) < 4.78 is 9.58. The number of carboxylic acids is 1. The van der Waals surface area contributed by atoms with E-state index in [4.69, 9.17) is 9.84 Å². The molecule has 94 valence electrons. The van der Waals surface area contributed by atoms with Gasteiger partial charge in [0.1, 0.15) is 6.61 Å². The number of esters is 1. The number of hydrogen-bond acceptors (Lipinski definition) is 4. The van der Waals surface area contributed by atoms with Crippen LogP contribution in [0.3, 0.4) is 0 Å². The first-order valence-corrected chi connectivity index (χ1v) is 5.10. The van der Waals surface area contributed by atoms with Crippen LogP contribution in [0.2, 0.25) is 0 Å². The molecule has 16 heavy (non-hydrogen) atoms. The minimum absolute atomic E-state index is 0.0819. The number of allylic oxidation sites excluding steroid dienone is 1. The fourth-order valence-electron chi connectivity index (χ4n) is 0.640. The molecule has 0 fully saturated rings. The third-order valence-corrected chi connectivity index (χ3v) is 1.24. The number of carbonyl (C=O) groups excluding carboxylic acids is 1. The summed E-state index contributed by atoms with van der Waals surface area (Å²) in [6, 6.07) is 0. The maximum absolute atomic E-state index is 10.8. The van der Waals surface area contributed by atoms with E-state index in [1.165, 1.54) is 0 Å². The highest BCUT2D eigenvalue weighted by atomic mass is 16.6. The second-order valence-corrected chi connectivity index (χ2v) is 2.72. The summed E-state index contributed by atoms with van der Waals surface area (Å²) in [5.74, 6) is -1.50. The van der Waals surface area contributed by atoms with Crippen LogP contribution in [0.25, 0.3) is 0 Å². The molecular weight excluding hydrogens is 212 g/mol. The van der Waals surface area contributed by atoms with Crippen LogP contribution in [0.4, 0.5) is 0 Å². The van der Waals surface area contributed by atoms with Crippen LogP contribution >= 0.6 is 0 Å². The molecule has 0 bridgehead atoms. The van der Waals surface area contributed by atoms with Gasteiger partial charge in [-0.3, -0.25) is 9.59 Å². The fraction of sp³-hybridized carbons (Fsp3) is 0.636. The normalized spacial score (nSPS) is 8.62. The largest absolute Gasteiger partial charge is 0.481 e. The van der Waals surface area contributed by atoms with Crippen LogP contribution in [-0.4, -0.2) is 36.9 Å². The van der Waals surface area contributed by atoms with Crippen molar-refractivity contribution in [3.63, 3.8) is 0 Å². The lowest BCUT2D eigenvalue weighted by atomic mass is 10.3. The van der Waals surface area contributed by atoms with Crippen LogP contribution in [0.5, 0.6) is 0 Å². The van der Waals surface area contributed by atoms with Gasteiger partial charge in [-0.1, -0.05) is 6.08 Å².